The van der Waals surface area contributed by atoms with Crippen LogP contribution in [0, 0.1) is 17.2 Å². The smallest absolute Gasteiger partial charge is 0.308 e. The number of hydrogen-bond acceptors (Lipinski definition) is 5. The number of benzene rings is 1. The zero-order valence-corrected chi connectivity index (χ0v) is 13.5. The number of esters is 1. The molecule has 0 bridgehead atoms. The Morgan fingerprint density at radius 1 is 1.43 bits per heavy atom. The first-order chi connectivity index (χ1) is 10.9. The fraction of sp³-hybridized carbons (Fsp3) is 0.471. The Hall–Kier alpha value is -2.39. The van der Waals surface area contributed by atoms with Crippen LogP contribution in [0.3, 0.4) is 0 Å². The van der Waals surface area contributed by atoms with Gasteiger partial charge in [-0.3, -0.25) is 9.59 Å². The van der Waals surface area contributed by atoms with Gasteiger partial charge in [0.1, 0.15) is 17.4 Å². The molecule has 1 aromatic rings. The number of anilines is 1. The minimum Gasteiger partial charge on any atom is -0.425 e. The van der Waals surface area contributed by atoms with Gasteiger partial charge in [0, 0.05) is 19.2 Å². The first-order valence-electron chi connectivity index (χ1n) is 7.58. The lowest BCUT2D eigenvalue weighted by Gasteiger charge is -2.28. The van der Waals surface area contributed by atoms with Crippen molar-refractivity contribution in [2.75, 3.05) is 11.9 Å². The Kier molecular flexibility index (Phi) is 5.02. The van der Waals surface area contributed by atoms with Gasteiger partial charge in [-0.25, -0.2) is 0 Å². The van der Waals surface area contributed by atoms with E-state index in [2.05, 4.69) is 5.32 Å². The van der Waals surface area contributed by atoms with Crippen LogP contribution in [-0.2, 0) is 14.3 Å². The molecular weight excluding hydrogens is 296 g/mol. The lowest BCUT2D eigenvalue weighted by molar-refractivity contribution is -0.141. The highest BCUT2D eigenvalue weighted by Crippen LogP contribution is 2.42. The van der Waals surface area contributed by atoms with Crippen molar-refractivity contribution < 1.29 is 19.1 Å². The number of ether oxygens (including phenoxy) is 2. The summed E-state index contributed by atoms with van der Waals surface area (Å²) in [5.41, 5.74) is -0.215. The Morgan fingerprint density at radius 2 is 2.13 bits per heavy atom. The highest BCUT2D eigenvalue weighted by atomic mass is 16.5. The molecule has 23 heavy (non-hydrogen) atoms. The van der Waals surface area contributed by atoms with Gasteiger partial charge >= 0.3 is 5.97 Å². The van der Waals surface area contributed by atoms with E-state index in [1.54, 1.807) is 13.0 Å². The van der Waals surface area contributed by atoms with Gasteiger partial charge in [0.05, 0.1) is 5.56 Å². The molecule has 1 amide bonds. The molecule has 1 fully saturated rings. The number of nitrogens with zero attached hydrogens (tertiary/aromatic N) is 1. The molecule has 122 valence electrons. The van der Waals surface area contributed by atoms with Crippen LogP contribution in [0.1, 0.15) is 39.2 Å². The fourth-order valence-electron chi connectivity index (χ4n) is 2.50. The van der Waals surface area contributed by atoms with Gasteiger partial charge in [-0.15, -0.1) is 0 Å². The second kappa shape index (κ2) is 6.80. The summed E-state index contributed by atoms with van der Waals surface area (Å²) < 4.78 is 10.6. The van der Waals surface area contributed by atoms with Crippen molar-refractivity contribution in [1.82, 2.24) is 0 Å². The molecule has 1 aliphatic carbocycles. The lowest BCUT2D eigenvalue weighted by Crippen LogP contribution is -2.44. The van der Waals surface area contributed by atoms with Crippen LogP contribution < -0.4 is 10.1 Å². The van der Waals surface area contributed by atoms with Crippen LogP contribution in [0.15, 0.2) is 18.2 Å². The quantitative estimate of drug-likeness (QED) is 0.644. The topological polar surface area (TPSA) is 88.4 Å². The maximum atomic E-state index is 12.6. The van der Waals surface area contributed by atoms with E-state index < -0.39 is 11.6 Å². The van der Waals surface area contributed by atoms with Crippen LogP contribution in [-0.4, -0.2) is 24.1 Å². The Morgan fingerprint density at radius 3 is 2.65 bits per heavy atom. The molecule has 0 radical (unpaired) electrons. The third kappa shape index (κ3) is 3.88. The van der Waals surface area contributed by atoms with Gasteiger partial charge in [-0.2, -0.15) is 5.26 Å². The number of nitrogens with one attached hydrogen (secondary N) is 1. The summed E-state index contributed by atoms with van der Waals surface area (Å²) in [6, 6.07) is 6.52. The molecule has 1 aromatic carbocycles. The van der Waals surface area contributed by atoms with Crippen molar-refractivity contribution >= 4 is 17.6 Å². The van der Waals surface area contributed by atoms with Gasteiger partial charge in [0.15, 0.2) is 0 Å². The number of nitriles is 1. The van der Waals surface area contributed by atoms with Crippen LogP contribution in [0.25, 0.3) is 0 Å². The van der Waals surface area contributed by atoms with Crippen molar-refractivity contribution in [3.05, 3.63) is 23.8 Å². The summed E-state index contributed by atoms with van der Waals surface area (Å²) in [6.45, 7) is 5.37. The molecule has 0 aromatic heterocycles. The number of carbonyl (C=O) groups excluding carboxylic acids is 2. The zero-order chi connectivity index (χ0) is 17.0. The highest BCUT2D eigenvalue weighted by molar-refractivity contribution is 5.97. The van der Waals surface area contributed by atoms with E-state index in [4.69, 9.17) is 14.7 Å². The average molecular weight is 316 g/mol. The number of hydrogen-bond donors (Lipinski definition) is 1. The first-order valence-corrected chi connectivity index (χ1v) is 7.58. The molecule has 0 heterocycles. The minimum atomic E-state index is -0.865. The molecular formula is C17H20N2O4. The monoisotopic (exact) mass is 316 g/mol. The summed E-state index contributed by atoms with van der Waals surface area (Å²) in [6.07, 6.45) is 1.94. The molecule has 6 nitrogen and oxygen atoms in total. The van der Waals surface area contributed by atoms with E-state index in [9.17, 15) is 9.59 Å². The minimum absolute atomic E-state index is 0.174. The van der Waals surface area contributed by atoms with Gasteiger partial charge in [0.2, 0.25) is 0 Å². The SMILES string of the molecule is CCO[C@](C)(C(=O)Nc1ccc(OC(C)=O)c(C#N)c1)C1CC1. The lowest BCUT2D eigenvalue weighted by atomic mass is 9.98. The predicted molar refractivity (Wildman–Crippen MR) is 83.9 cm³/mol. The maximum Gasteiger partial charge on any atom is 0.308 e. The molecule has 0 saturated heterocycles. The molecule has 2 rings (SSSR count). The second-order valence-electron chi connectivity index (χ2n) is 5.68. The number of carbonyl (C=O) groups is 2. The van der Waals surface area contributed by atoms with E-state index in [0.29, 0.717) is 12.3 Å². The summed E-state index contributed by atoms with van der Waals surface area (Å²) in [7, 11) is 0. The van der Waals surface area contributed by atoms with Crippen molar-refractivity contribution in [1.29, 1.82) is 5.26 Å². The van der Waals surface area contributed by atoms with Gasteiger partial charge in [0.25, 0.3) is 5.91 Å². The third-order valence-corrected chi connectivity index (χ3v) is 3.86. The Labute approximate surface area is 135 Å². The van der Waals surface area contributed by atoms with Crippen molar-refractivity contribution in [3.63, 3.8) is 0 Å². The van der Waals surface area contributed by atoms with Crippen molar-refractivity contribution in [2.24, 2.45) is 5.92 Å². The van der Waals surface area contributed by atoms with Gasteiger partial charge in [-0.1, -0.05) is 0 Å². The Bertz CT molecular complexity index is 661. The van der Waals surface area contributed by atoms with Crippen LogP contribution in [0.4, 0.5) is 5.69 Å². The number of amides is 1. The summed E-state index contributed by atoms with van der Waals surface area (Å²) in [5.74, 6) is -0.340. The van der Waals surface area contributed by atoms with Crippen molar-refractivity contribution in [3.8, 4) is 11.8 Å². The summed E-state index contributed by atoms with van der Waals surface area (Å²) >= 11 is 0. The number of rotatable bonds is 6. The van der Waals surface area contributed by atoms with Gasteiger partial charge < -0.3 is 14.8 Å². The molecule has 1 atom stereocenters. The van der Waals surface area contributed by atoms with Crippen LogP contribution in [0.2, 0.25) is 0 Å². The fourth-order valence-corrected chi connectivity index (χ4v) is 2.50. The maximum absolute atomic E-state index is 12.6. The van der Waals surface area contributed by atoms with Gasteiger partial charge in [-0.05, 0) is 50.8 Å². The second-order valence-corrected chi connectivity index (χ2v) is 5.68. The molecule has 1 N–H and O–H groups in total. The standard InChI is InChI=1S/C17H20N2O4/c1-4-22-17(3,13-5-6-13)16(21)19-14-7-8-15(23-11(2)20)12(9-14)10-18/h7-9,13H,4-6H2,1-3H3,(H,19,21)/t17-/m0/s1. The molecule has 0 aliphatic heterocycles. The molecule has 1 aliphatic rings. The Balaban J connectivity index is 2.18. The molecule has 6 heteroatoms. The molecule has 0 unspecified atom stereocenters. The van der Waals surface area contributed by atoms with E-state index in [1.165, 1.54) is 19.1 Å². The van der Waals surface area contributed by atoms with Crippen LogP contribution >= 0.6 is 0 Å². The van der Waals surface area contributed by atoms with Crippen molar-refractivity contribution in [2.45, 2.75) is 39.2 Å². The normalized spacial score (nSPS) is 16.1. The average Bonchev–Trinajstić information content (AvgIpc) is 3.33. The van der Waals surface area contributed by atoms with Crippen LogP contribution in [0.5, 0.6) is 5.75 Å². The van der Waals surface area contributed by atoms with E-state index in [0.717, 1.165) is 12.8 Å². The highest BCUT2D eigenvalue weighted by Gasteiger charge is 2.48. The van der Waals surface area contributed by atoms with E-state index in [-0.39, 0.29) is 23.1 Å². The summed E-state index contributed by atoms with van der Waals surface area (Å²) in [5, 5.41) is 11.9. The zero-order valence-electron chi connectivity index (χ0n) is 13.5. The first kappa shape index (κ1) is 17.0. The van der Waals surface area contributed by atoms with E-state index in [1.807, 2.05) is 13.0 Å². The predicted octanol–water partition coefficient (Wildman–Crippen LogP) is 2.63. The third-order valence-electron chi connectivity index (χ3n) is 3.86. The van der Waals surface area contributed by atoms with E-state index >= 15 is 0 Å². The largest absolute Gasteiger partial charge is 0.425 e. The summed E-state index contributed by atoms with van der Waals surface area (Å²) in [4.78, 5) is 23.6. The molecule has 1 saturated carbocycles. The molecule has 0 spiro atoms.